The number of aliphatic hydroxyl groups excluding tert-OH is 1. The fourth-order valence-corrected chi connectivity index (χ4v) is 5.07. The minimum atomic E-state index is 0.313. The molecule has 0 radical (unpaired) electrons. The molecule has 0 heterocycles. The van der Waals surface area contributed by atoms with Crippen molar-refractivity contribution < 1.29 is 10.2 Å². The SMILES string of the molecule is CC1=C(c2cc(C)ccc2C)C=C(O)CC1.Cc1ccc(Cc2ccc(O)cc2-c2cc(C)ccc2C)cc1. The van der Waals surface area contributed by atoms with Crippen LogP contribution in [0.1, 0.15) is 64.3 Å². The summed E-state index contributed by atoms with van der Waals surface area (Å²) < 4.78 is 0. The van der Waals surface area contributed by atoms with Crippen molar-refractivity contribution in [2.45, 2.75) is 60.8 Å². The van der Waals surface area contributed by atoms with Crippen LogP contribution in [0.2, 0.25) is 0 Å². The molecule has 0 aromatic heterocycles. The first-order valence-electron chi connectivity index (χ1n) is 13.7. The van der Waals surface area contributed by atoms with E-state index in [0.717, 1.165) is 24.8 Å². The number of rotatable bonds is 4. The van der Waals surface area contributed by atoms with Gasteiger partial charge in [0.1, 0.15) is 5.75 Å². The van der Waals surface area contributed by atoms with E-state index in [0.29, 0.717) is 11.5 Å². The van der Waals surface area contributed by atoms with E-state index in [9.17, 15) is 10.2 Å². The Kier molecular flexibility index (Phi) is 8.76. The van der Waals surface area contributed by atoms with Gasteiger partial charge in [-0.15, -0.1) is 0 Å². The Bertz CT molecular complexity index is 1530. The summed E-state index contributed by atoms with van der Waals surface area (Å²) in [5, 5.41) is 19.6. The molecular formula is C37H40O2. The molecular weight excluding hydrogens is 476 g/mol. The van der Waals surface area contributed by atoms with Crippen LogP contribution in [0.15, 0.2) is 96.3 Å². The smallest absolute Gasteiger partial charge is 0.116 e. The lowest BCUT2D eigenvalue weighted by atomic mass is 9.89. The third-order valence-corrected chi connectivity index (χ3v) is 7.50. The molecule has 39 heavy (non-hydrogen) atoms. The molecule has 2 N–H and O–H groups in total. The third-order valence-electron chi connectivity index (χ3n) is 7.50. The van der Waals surface area contributed by atoms with Crippen LogP contribution >= 0.6 is 0 Å². The molecule has 0 unspecified atom stereocenters. The molecule has 0 bridgehead atoms. The Morgan fingerprint density at radius 2 is 1.15 bits per heavy atom. The zero-order chi connectivity index (χ0) is 28.1. The van der Waals surface area contributed by atoms with Crippen LogP contribution in [0.3, 0.4) is 0 Å². The molecule has 0 saturated carbocycles. The second kappa shape index (κ2) is 12.2. The van der Waals surface area contributed by atoms with Gasteiger partial charge in [-0.2, -0.15) is 0 Å². The number of hydrogen-bond donors (Lipinski definition) is 2. The Morgan fingerprint density at radius 1 is 0.564 bits per heavy atom. The Labute approximate surface area is 234 Å². The molecule has 2 nitrogen and oxygen atoms in total. The van der Waals surface area contributed by atoms with E-state index in [-0.39, 0.29) is 0 Å². The molecule has 5 rings (SSSR count). The van der Waals surface area contributed by atoms with Crippen molar-refractivity contribution in [2.24, 2.45) is 0 Å². The lowest BCUT2D eigenvalue weighted by Crippen LogP contribution is -1.98. The number of phenolic OH excluding ortho intramolecular Hbond substituents is 1. The molecule has 2 heteroatoms. The second-order valence-corrected chi connectivity index (χ2v) is 11.0. The fourth-order valence-electron chi connectivity index (χ4n) is 5.07. The first kappa shape index (κ1) is 28.0. The standard InChI is InChI=1S/C22H22O.C15H18O/c1-15-5-8-18(9-6-15)13-19-10-11-20(23)14-22(19)21-12-16(2)4-7-17(21)3;1-10-4-5-11(2)14(8-10)15-9-13(16)7-6-12(15)3/h4-12,14,23H,13H2,1-3H3;4-5,8-9,16H,6-7H2,1-3H3. The predicted molar refractivity (Wildman–Crippen MR) is 165 cm³/mol. The van der Waals surface area contributed by atoms with E-state index < -0.39 is 0 Å². The second-order valence-electron chi connectivity index (χ2n) is 11.0. The minimum Gasteiger partial charge on any atom is -0.512 e. The van der Waals surface area contributed by atoms with Gasteiger partial charge in [0.25, 0.3) is 0 Å². The summed E-state index contributed by atoms with van der Waals surface area (Å²) in [5.74, 6) is 0.815. The van der Waals surface area contributed by atoms with Crippen molar-refractivity contribution in [1.29, 1.82) is 0 Å². The van der Waals surface area contributed by atoms with Crippen molar-refractivity contribution in [3.63, 3.8) is 0 Å². The van der Waals surface area contributed by atoms with Crippen LogP contribution < -0.4 is 0 Å². The normalized spacial score (nSPS) is 13.0. The highest BCUT2D eigenvalue weighted by atomic mass is 16.3. The first-order valence-corrected chi connectivity index (χ1v) is 13.7. The number of allylic oxidation sites excluding steroid dienone is 4. The van der Waals surface area contributed by atoms with Gasteiger partial charge in [-0.25, -0.2) is 0 Å². The molecule has 4 aromatic rings. The van der Waals surface area contributed by atoms with E-state index >= 15 is 0 Å². The number of aromatic hydroxyl groups is 1. The van der Waals surface area contributed by atoms with Crippen LogP contribution in [0.4, 0.5) is 0 Å². The fraction of sp³-hybridized carbons (Fsp3) is 0.243. The average Bonchev–Trinajstić information content (AvgIpc) is 2.91. The average molecular weight is 517 g/mol. The van der Waals surface area contributed by atoms with E-state index in [2.05, 4.69) is 102 Å². The van der Waals surface area contributed by atoms with Gasteiger partial charge in [0, 0.05) is 6.42 Å². The van der Waals surface area contributed by atoms with Gasteiger partial charge in [0.15, 0.2) is 0 Å². The Hall–Kier alpha value is -4.04. The van der Waals surface area contributed by atoms with Gasteiger partial charge in [-0.05, 0) is 117 Å². The molecule has 200 valence electrons. The van der Waals surface area contributed by atoms with Gasteiger partial charge >= 0.3 is 0 Å². The zero-order valence-corrected chi connectivity index (χ0v) is 24.1. The minimum absolute atomic E-state index is 0.313. The summed E-state index contributed by atoms with van der Waals surface area (Å²) in [6.07, 6.45) is 4.52. The highest BCUT2D eigenvalue weighted by Gasteiger charge is 2.13. The number of hydrogen-bond acceptors (Lipinski definition) is 2. The lowest BCUT2D eigenvalue weighted by molar-refractivity contribution is 0.386. The van der Waals surface area contributed by atoms with Crippen LogP contribution in [0.25, 0.3) is 16.7 Å². The number of aryl methyl sites for hydroxylation is 5. The topological polar surface area (TPSA) is 40.5 Å². The van der Waals surface area contributed by atoms with Crippen molar-refractivity contribution in [2.75, 3.05) is 0 Å². The summed E-state index contributed by atoms with van der Waals surface area (Å²) in [4.78, 5) is 0. The van der Waals surface area contributed by atoms with E-state index in [4.69, 9.17) is 0 Å². The molecule has 0 fully saturated rings. The monoisotopic (exact) mass is 516 g/mol. The molecule has 0 aliphatic heterocycles. The predicted octanol–water partition coefficient (Wildman–Crippen LogP) is 9.89. The zero-order valence-electron chi connectivity index (χ0n) is 24.1. The van der Waals surface area contributed by atoms with Crippen LogP contribution in [-0.2, 0) is 6.42 Å². The summed E-state index contributed by atoms with van der Waals surface area (Å²) in [6.45, 7) is 12.7. The Morgan fingerprint density at radius 3 is 1.82 bits per heavy atom. The van der Waals surface area contributed by atoms with Crippen molar-refractivity contribution in [3.8, 4) is 16.9 Å². The molecule has 0 atom stereocenters. The summed E-state index contributed by atoms with van der Waals surface area (Å²) >= 11 is 0. The van der Waals surface area contributed by atoms with Crippen molar-refractivity contribution >= 4 is 5.57 Å². The molecule has 1 aliphatic carbocycles. The number of phenols is 1. The van der Waals surface area contributed by atoms with E-state index in [1.807, 2.05) is 18.2 Å². The van der Waals surface area contributed by atoms with Gasteiger partial charge in [0.05, 0.1) is 5.76 Å². The summed E-state index contributed by atoms with van der Waals surface area (Å²) in [7, 11) is 0. The number of benzene rings is 4. The van der Waals surface area contributed by atoms with E-state index in [1.165, 1.54) is 61.2 Å². The van der Waals surface area contributed by atoms with Crippen molar-refractivity contribution in [1.82, 2.24) is 0 Å². The summed E-state index contributed by atoms with van der Waals surface area (Å²) in [5.41, 5.74) is 14.9. The largest absolute Gasteiger partial charge is 0.512 e. The third kappa shape index (κ3) is 7.09. The maximum atomic E-state index is 9.96. The van der Waals surface area contributed by atoms with Crippen LogP contribution in [0.5, 0.6) is 5.75 Å². The molecule has 1 aliphatic rings. The number of aliphatic hydroxyl groups is 1. The maximum Gasteiger partial charge on any atom is 0.116 e. The van der Waals surface area contributed by atoms with Gasteiger partial charge in [-0.1, -0.05) is 89.0 Å². The van der Waals surface area contributed by atoms with Gasteiger partial charge in [-0.3, -0.25) is 0 Å². The quantitative estimate of drug-likeness (QED) is 0.283. The molecule has 0 saturated heterocycles. The lowest BCUT2D eigenvalue weighted by Gasteiger charge is -2.17. The van der Waals surface area contributed by atoms with Crippen LogP contribution in [0, 0.1) is 34.6 Å². The summed E-state index contributed by atoms with van der Waals surface area (Å²) in [6, 6.07) is 27.3. The highest BCUT2D eigenvalue weighted by Crippen LogP contribution is 2.33. The Balaban J connectivity index is 0.000000193. The molecule has 4 aromatic carbocycles. The molecule has 0 amide bonds. The molecule has 0 spiro atoms. The highest BCUT2D eigenvalue weighted by molar-refractivity contribution is 5.79. The van der Waals surface area contributed by atoms with E-state index in [1.54, 1.807) is 6.07 Å². The van der Waals surface area contributed by atoms with Crippen LogP contribution in [-0.4, -0.2) is 10.2 Å². The first-order chi connectivity index (χ1) is 18.6. The van der Waals surface area contributed by atoms with Gasteiger partial charge < -0.3 is 10.2 Å². The van der Waals surface area contributed by atoms with Gasteiger partial charge in [0.2, 0.25) is 0 Å². The maximum absolute atomic E-state index is 9.96. The van der Waals surface area contributed by atoms with Crippen molar-refractivity contribution in [3.05, 3.63) is 141 Å².